The molecule has 1 amide bonds. The Bertz CT molecular complexity index is 660. The molecule has 104 valence electrons. The maximum Gasteiger partial charge on any atom is 0.227 e. The van der Waals surface area contributed by atoms with Gasteiger partial charge >= 0.3 is 0 Å². The fourth-order valence-corrected chi connectivity index (χ4v) is 2.33. The summed E-state index contributed by atoms with van der Waals surface area (Å²) in [5.41, 5.74) is 3.63. The minimum absolute atomic E-state index is 0.107. The maximum atomic E-state index is 12.0. The van der Waals surface area contributed by atoms with Crippen LogP contribution in [0.15, 0.2) is 28.9 Å². The van der Waals surface area contributed by atoms with Crippen LogP contribution in [-0.4, -0.2) is 10.9 Å². The van der Waals surface area contributed by atoms with Crippen molar-refractivity contribution in [2.45, 2.75) is 27.2 Å². The fraction of sp³-hybridized carbons (Fsp3) is 0.375. The van der Waals surface area contributed by atoms with Gasteiger partial charge < -0.3 is 9.73 Å². The summed E-state index contributed by atoms with van der Waals surface area (Å²) in [5.74, 6) is 1.38. The largest absolute Gasteiger partial charge is 0.444 e. The lowest BCUT2D eigenvalue weighted by Gasteiger charge is -2.08. The van der Waals surface area contributed by atoms with Gasteiger partial charge in [0.1, 0.15) is 6.26 Å². The Morgan fingerprint density at radius 2 is 2.15 bits per heavy atom. The quantitative estimate of drug-likeness (QED) is 0.927. The summed E-state index contributed by atoms with van der Waals surface area (Å²) in [6.45, 7) is 5.99. The topological polar surface area (TPSA) is 55.1 Å². The third-order valence-corrected chi connectivity index (χ3v) is 3.80. The van der Waals surface area contributed by atoms with Gasteiger partial charge in [-0.3, -0.25) is 4.79 Å². The summed E-state index contributed by atoms with van der Waals surface area (Å²) in [4.78, 5) is 16.3. The van der Waals surface area contributed by atoms with Gasteiger partial charge in [0.15, 0.2) is 0 Å². The molecule has 20 heavy (non-hydrogen) atoms. The first-order valence-corrected chi connectivity index (χ1v) is 6.88. The number of hydrogen-bond donors (Lipinski definition) is 1. The second kappa shape index (κ2) is 4.78. The third kappa shape index (κ3) is 2.46. The van der Waals surface area contributed by atoms with Gasteiger partial charge in [-0.2, -0.15) is 0 Å². The summed E-state index contributed by atoms with van der Waals surface area (Å²) in [5, 5.41) is 2.97. The van der Waals surface area contributed by atoms with E-state index in [-0.39, 0.29) is 11.8 Å². The van der Waals surface area contributed by atoms with E-state index in [1.54, 1.807) is 6.26 Å². The standard InChI is InChI=1S/C16H18N2O2/c1-9-4-5-12(18-15(19)13-6-10(13)2)7-14(9)16-17-11(3)8-20-16/h4-5,7-8,10,13H,6H2,1-3H3,(H,18,19)/t10-,13-/m0/s1. The Morgan fingerprint density at radius 3 is 2.75 bits per heavy atom. The zero-order valence-electron chi connectivity index (χ0n) is 11.9. The van der Waals surface area contributed by atoms with Crippen LogP contribution >= 0.6 is 0 Å². The number of amides is 1. The highest BCUT2D eigenvalue weighted by atomic mass is 16.3. The first-order chi connectivity index (χ1) is 9.54. The highest BCUT2D eigenvalue weighted by Crippen LogP contribution is 2.38. The molecule has 0 bridgehead atoms. The van der Waals surface area contributed by atoms with Gasteiger partial charge in [0.2, 0.25) is 11.8 Å². The van der Waals surface area contributed by atoms with Crippen molar-refractivity contribution in [2.24, 2.45) is 11.8 Å². The van der Waals surface area contributed by atoms with E-state index in [0.29, 0.717) is 11.8 Å². The maximum absolute atomic E-state index is 12.0. The molecule has 1 heterocycles. The van der Waals surface area contributed by atoms with Crippen molar-refractivity contribution in [2.75, 3.05) is 5.32 Å². The predicted molar refractivity (Wildman–Crippen MR) is 77.3 cm³/mol. The van der Waals surface area contributed by atoms with E-state index in [4.69, 9.17) is 4.42 Å². The summed E-state index contributed by atoms with van der Waals surface area (Å²) in [7, 11) is 0. The van der Waals surface area contributed by atoms with Crippen molar-refractivity contribution >= 4 is 11.6 Å². The molecule has 4 nitrogen and oxygen atoms in total. The summed E-state index contributed by atoms with van der Waals surface area (Å²) >= 11 is 0. The third-order valence-electron chi connectivity index (χ3n) is 3.80. The lowest BCUT2D eigenvalue weighted by Crippen LogP contribution is -2.14. The van der Waals surface area contributed by atoms with Crippen LogP contribution in [0.4, 0.5) is 5.69 Å². The van der Waals surface area contributed by atoms with Crippen LogP contribution in [0.2, 0.25) is 0 Å². The molecule has 3 rings (SSSR count). The molecule has 1 aliphatic rings. The molecule has 0 radical (unpaired) electrons. The van der Waals surface area contributed by atoms with Gasteiger partial charge in [-0.25, -0.2) is 4.98 Å². The van der Waals surface area contributed by atoms with Crippen LogP contribution in [0, 0.1) is 25.7 Å². The number of nitrogens with one attached hydrogen (secondary N) is 1. The Balaban J connectivity index is 1.85. The lowest BCUT2D eigenvalue weighted by atomic mass is 10.1. The molecule has 2 aromatic rings. The molecule has 1 N–H and O–H groups in total. The number of aromatic nitrogens is 1. The smallest absolute Gasteiger partial charge is 0.227 e. The number of benzene rings is 1. The Morgan fingerprint density at radius 1 is 1.40 bits per heavy atom. The van der Waals surface area contributed by atoms with Crippen molar-refractivity contribution < 1.29 is 9.21 Å². The normalized spacial score (nSPS) is 20.8. The fourth-order valence-electron chi connectivity index (χ4n) is 2.33. The Labute approximate surface area is 118 Å². The molecule has 4 heteroatoms. The molecule has 0 saturated heterocycles. The molecule has 1 saturated carbocycles. The van der Waals surface area contributed by atoms with Crippen molar-refractivity contribution in [3.05, 3.63) is 35.7 Å². The summed E-state index contributed by atoms with van der Waals surface area (Å²) in [6, 6.07) is 5.81. The molecule has 0 aliphatic heterocycles. The number of carbonyl (C=O) groups excluding carboxylic acids is 1. The van der Waals surface area contributed by atoms with Crippen LogP contribution in [-0.2, 0) is 4.79 Å². The number of nitrogens with zero attached hydrogens (tertiary/aromatic N) is 1. The number of carbonyl (C=O) groups is 1. The first kappa shape index (κ1) is 12.9. The second-order valence-electron chi connectivity index (χ2n) is 5.63. The highest BCUT2D eigenvalue weighted by molar-refractivity contribution is 5.95. The highest BCUT2D eigenvalue weighted by Gasteiger charge is 2.39. The van der Waals surface area contributed by atoms with E-state index in [9.17, 15) is 4.79 Å². The average Bonchev–Trinajstić information content (AvgIpc) is 2.99. The van der Waals surface area contributed by atoms with Crippen LogP contribution in [0.1, 0.15) is 24.6 Å². The van der Waals surface area contributed by atoms with E-state index in [2.05, 4.69) is 17.2 Å². The van der Waals surface area contributed by atoms with Gasteiger partial charge in [0.05, 0.1) is 5.69 Å². The SMILES string of the molecule is Cc1coc(-c2cc(NC(=O)[C@H]3C[C@@H]3C)ccc2C)n1. The van der Waals surface area contributed by atoms with E-state index in [0.717, 1.165) is 28.9 Å². The number of aryl methyl sites for hydroxylation is 2. The zero-order valence-corrected chi connectivity index (χ0v) is 11.9. The minimum atomic E-state index is 0.107. The molecular formula is C16H18N2O2. The number of hydrogen-bond acceptors (Lipinski definition) is 3. The molecule has 1 aliphatic carbocycles. The predicted octanol–water partition coefficient (Wildman–Crippen LogP) is 3.55. The first-order valence-electron chi connectivity index (χ1n) is 6.88. The Kier molecular flexibility index (Phi) is 3.08. The lowest BCUT2D eigenvalue weighted by molar-refractivity contribution is -0.117. The summed E-state index contributed by atoms with van der Waals surface area (Å²) < 4.78 is 5.44. The van der Waals surface area contributed by atoms with Crippen LogP contribution in [0.5, 0.6) is 0 Å². The molecule has 0 spiro atoms. The van der Waals surface area contributed by atoms with Gasteiger partial charge in [-0.15, -0.1) is 0 Å². The van der Waals surface area contributed by atoms with Crippen molar-refractivity contribution in [3.8, 4) is 11.5 Å². The summed E-state index contributed by atoms with van der Waals surface area (Å²) in [6.07, 6.45) is 2.62. The van der Waals surface area contributed by atoms with Crippen molar-refractivity contribution in [1.82, 2.24) is 4.98 Å². The average molecular weight is 270 g/mol. The van der Waals surface area contributed by atoms with E-state index in [1.165, 1.54) is 0 Å². The van der Waals surface area contributed by atoms with E-state index >= 15 is 0 Å². The van der Waals surface area contributed by atoms with Gasteiger partial charge in [-0.05, 0) is 43.9 Å². The van der Waals surface area contributed by atoms with Crippen LogP contribution < -0.4 is 5.32 Å². The molecule has 1 fully saturated rings. The second-order valence-corrected chi connectivity index (χ2v) is 5.63. The minimum Gasteiger partial charge on any atom is -0.444 e. The number of rotatable bonds is 3. The number of oxazole rings is 1. The zero-order chi connectivity index (χ0) is 14.3. The van der Waals surface area contributed by atoms with Crippen LogP contribution in [0.25, 0.3) is 11.5 Å². The molecule has 0 unspecified atom stereocenters. The molecule has 1 aromatic carbocycles. The monoisotopic (exact) mass is 270 g/mol. The van der Waals surface area contributed by atoms with E-state index in [1.807, 2.05) is 32.0 Å². The van der Waals surface area contributed by atoms with Gasteiger partial charge in [0.25, 0.3) is 0 Å². The Hall–Kier alpha value is -2.10. The molecule has 1 aromatic heterocycles. The molecule has 2 atom stereocenters. The van der Waals surface area contributed by atoms with Crippen molar-refractivity contribution in [3.63, 3.8) is 0 Å². The van der Waals surface area contributed by atoms with Crippen molar-refractivity contribution in [1.29, 1.82) is 0 Å². The van der Waals surface area contributed by atoms with Gasteiger partial charge in [-0.1, -0.05) is 13.0 Å². The molecular weight excluding hydrogens is 252 g/mol. The number of anilines is 1. The van der Waals surface area contributed by atoms with E-state index < -0.39 is 0 Å². The van der Waals surface area contributed by atoms with Crippen LogP contribution in [0.3, 0.4) is 0 Å². The van der Waals surface area contributed by atoms with Gasteiger partial charge in [0, 0.05) is 17.2 Å².